The van der Waals surface area contributed by atoms with Gasteiger partial charge in [-0.25, -0.2) is 4.98 Å². The molecule has 7 nitrogen and oxygen atoms in total. The zero-order chi connectivity index (χ0) is 18.4. The van der Waals surface area contributed by atoms with Crippen LogP contribution in [-0.4, -0.2) is 50.2 Å². The van der Waals surface area contributed by atoms with Gasteiger partial charge in [0.15, 0.2) is 0 Å². The van der Waals surface area contributed by atoms with E-state index in [9.17, 15) is 4.79 Å². The summed E-state index contributed by atoms with van der Waals surface area (Å²) in [6.45, 7) is 2.81. The summed E-state index contributed by atoms with van der Waals surface area (Å²) in [6.07, 6.45) is 0. The normalized spacial score (nSPS) is 10.3. The largest absolute Gasteiger partial charge is 0.496 e. The first-order valence-electron chi connectivity index (χ1n) is 7.79. The number of aromatic nitrogens is 2. The average Bonchev–Trinajstić information content (AvgIpc) is 2.58. The van der Waals surface area contributed by atoms with E-state index >= 15 is 0 Å². The predicted octanol–water partition coefficient (Wildman–Crippen LogP) is 2.35. The van der Waals surface area contributed by atoms with Crippen LogP contribution in [-0.2, 0) is 0 Å². The van der Waals surface area contributed by atoms with Gasteiger partial charge < -0.3 is 20.3 Å². The molecular formula is C17H22ClN5O2. The molecule has 134 valence electrons. The van der Waals surface area contributed by atoms with Crippen LogP contribution >= 0.6 is 11.6 Å². The highest BCUT2D eigenvalue weighted by Gasteiger charge is 2.12. The van der Waals surface area contributed by atoms with Gasteiger partial charge in [-0.2, -0.15) is 4.98 Å². The molecule has 1 aromatic heterocycles. The molecule has 1 heterocycles. The highest BCUT2D eigenvalue weighted by atomic mass is 35.5. The lowest BCUT2D eigenvalue weighted by molar-refractivity contribution is 0.0952. The number of methoxy groups -OCH3 is 1. The van der Waals surface area contributed by atoms with Gasteiger partial charge >= 0.3 is 0 Å². The van der Waals surface area contributed by atoms with Crippen LogP contribution in [0.25, 0.3) is 0 Å². The van der Waals surface area contributed by atoms with E-state index in [1.54, 1.807) is 18.2 Å². The van der Waals surface area contributed by atoms with Crippen molar-refractivity contribution in [3.05, 3.63) is 40.5 Å². The monoisotopic (exact) mass is 363 g/mol. The summed E-state index contributed by atoms with van der Waals surface area (Å²) in [5.74, 6) is 1.58. The fourth-order valence-electron chi connectivity index (χ4n) is 2.16. The Morgan fingerprint density at radius 1 is 1.24 bits per heavy atom. The topological polar surface area (TPSA) is 79.4 Å². The predicted molar refractivity (Wildman–Crippen MR) is 99.9 cm³/mol. The van der Waals surface area contributed by atoms with E-state index in [2.05, 4.69) is 20.6 Å². The molecule has 0 aliphatic heterocycles. The number of rotatable bonds is 7. The Morgan fingerprint density at radius 2 is 2.00 bits per heavy atom. The van der Waals surface area contributed by atoms with E-state index in [0.29, 0.717) is 35.4 Å². The maximum Gasteiger partial charge on any atom is 0.255 e. The fourth-order valence-corrected chi connectivity index (χ4v) is 2.34. The fraction of sp³-hybridized carbons (Fsp3) is 0.353. The van der Waals surface area contributed by atoms with Crippen LogP contribution < -0.4 is 20.3 Å². The van der Waals surface area contributed by atoms with Crippen molar-refractivity contribution in [3.63, 3.8) is 0 Å². The van der Waals surface area contributed by atoms with Crippen molar-refractivity contribution in [2.75, 3.05) is 44.5 Å². The second-order valence-electron chi connectivity index (χ2n) is 5.61. The summed E-state index contributed by atoms with van der Waals surface area (Å²) in [5.41, 5.74) is 1.27. The molecular weight excluding hydrogens is 342 g/mol. The molecule has 0 radical (unpaired) electrons. The second-order valence-corrected chi connectivity index (χ2v) is 6.05. The van der Waals surface area contributed by atoms with Crippen molar-refractivity contribution in [2.45, 2.75) is 6.92 Å². The number of halogens is 1. The Bertz CT molecular complexity index is 752. The number of amides is 1. The van der Waals surface area contributed by atoms with E-state index in [-0.39, 0.29) is 5.91 Å². The van der Waals surface area contributed by atoms with Crippen molar-refractivity contribution in [2.24, 2.45) is 0 Å². The highest BCUT2D eigenvalue weighted by Crippen LogP contribution is 2.22. The van der Waals surface area contributed by atoms with E-state index in [0.717, 1.165) is 11.5 Å². The number of hydrogen-bond acceptors (Lipinski definition) is 6. The molecule has 0 saturated carbocycles. The number of nitrogens with zero attached hydrogens (tertiary/aromatic N) is 3. The number of hydrogen-bond donors (Lipinski definition) is 2. The Hall–Kier alpha value is -2.54. The maximum absolute atomic E-state index is 12.3. The minimum atomic E-state index is -0.250. The third-order valence-electron chi connectivity index (χ3n) is 3.40. The van der Waals surface area contributed by atoms with Crippen LogP contribution in [0.5, 0.6) is 5.75 Å². The molecule has 1 amide bonds. The molecule has 8 heteroatoms. The summed E-state index contributed by atoms with van der Waals surface area (Å²) < 4.78 is 5.19. The first kappa shape index (κ1) is 18.8. The number of nitrogens with one attached hydrogen (secondary N) is 2. The van der Waals surface area contributed by atoms with Crippen LogP contribution in [0.1, 0.15) is 16.1 Å². The SMILES string of the molecule is COc1ccc(Cl)cc1C(=O)NCCNc1nc(C)cc(N(C)C)n1. The van der Waals surface area contributed by atoms with Crippen molar-refractivity contribution in [1.82, 2.24) is 15.3 Å². The molecule has 0 bridgehead atoms. The minimum Gasteiger partial charge on any atom is -0.496 e. The van der Waals surface area contributed by atoms with Gasteiger partial charge in [-0.15, -0.1) is 0 Å². The summed E-state index contributed by atoms with van der Waals surface area (Å²) in [7, 11) is 5.35. The molecule has 0 aliphatic carbocycles. The third kappa shape index (κ3) is 5.22. The van der Waals surface area contributed by atoms with Gasteiger partial charge in [0, 0.05) is 44.0 Å². The summed E-state index contributed by atoms with van der Waals surface area (Å²) in [6, 6.07) is 6.82. The summed E-state index contributed by atoms with van der Waals surface area (Å²) in [4.78, 5) is 22.9. The smallest absolute Gasteiger partial charge is 0.255 e. The number of aryl methyl sites for hydroxylation is 1. The van der Waals surface area contributed by atoms with Crippen LogP contribution in [0, 0.1) is 6.92 Å². The van der Waals surface area contributed by atoms with E-state index in [4.69, 9.17) is 16.3 Å². The number of carbonyl (C=O) groups excluding carboxylic acids is 1. The zero-order valence-electron chi connectivity index (χ0n) is 14.8. The standard InChI is InChI=1S/C17H22ClN5O2/c1-11-9-15(23(2)3)22-17(21-11)20-8-7-19-16(24)13-10-12(18)5-6-14(13)25-4/h5-6,9-10H,7-8H2,1-4H3,(H,19,24)(H,20,21,22). The number of ether oxygens (including phenoxy) is 1. The highest BCUT2D eigenvalue weighted by molar-refractivity contribution is 6.31. The van der Waals surface area contributed by atoms with Crippen LogP contribution in [0.15, 0.2) is 24.3 Å². The van der Waals surface area contributed by atoms with Crippen molar-refractivity contribution < 1.29 is 9.53 Å². The van der Waals surface area contributed by atoms with E-state index < -0.39 is 0 Å². The maximum atomic E-state index is 12.3. The van der Waals surface area contributed by atoms with Gasteiger partial charge in [0.25, 0.3) is 5.91 Å². The number of carbonyl (C=O) groups is 1. The number of benzene rings is 1. The molecule has 0 spiro atoms. The molecule has 2 aromatic rings. The molecule has 2 N–H and O–H groups in total. The molecule has 0 saturated heterocycles. The summed E-state index contributed by atoms with van der Waals surface area (Å²) in [5, 5.41) is 6.40. The van der Waals surface area contributed by atoms with E-state index in [1.807, 2.05) is 32.0 Å². The molecule has 0 unspecified atom stereocenters. The Kier molecular flexibility index (Phi) is 6.41. The lowest BCUT2D eigenvalue weighted by Gasteiger charge is -2.14. The van der Waals surface area contributed by atoms with Gasteiger partial charge in [-0.05, 0) is 25.1 Å². The van der Waals surface area contributed by atoms with Gasteiger partial charge in [-0.1, -0.05) is 11.6 Å². The minimum absolute atomic E-state index is 0.250. The molecule has 0 atom stereocenters. The van der Waals surface area contributed by atoms with E-state index in [1.165, 1.54) is 7.11 Å². The third-order valence-corrected chi connectivity index (χ3v) is 3.63. The average molecular weight is 364 g/mol. The lowest BCUT2D eigenvalue weighted by atomic mass is 10.2. The molecule has 2 rings (SSSR count). The van der Waals surface area contributed by atoms with Crippen molar-refractivity contribution >= 4 is 29.3 Å². The van der Waals surface area contributed by atoms with Gasteiger partial charge in [0.05, 0.1) is 12.7 Å². The second kappa shape index (κ2) is 8.53. The zero-order valence-corrected chi connectivity index (χ0v) is 15.5. The summed E-state index contributed by atoms with van der Waals surface area (Å²) >= 11 is 5.95. The first-order chi connectivity index (χ1) is 11.9. The van der Waals surface area contributed by atoms with Crippen LogP contribution in [0.4, 0.5) is 11.8 Å². The Morgan fingerprint density at radius 3 is 2.68 bits per heavy atom. The van der Waals surface area contributed by atoms with Crippen LogP contribution in [0.2, 0.25) is 5.02 Å². The number of anilines is 2. The van der Waals surface area contributed by atoms with Crippen LogP contribution in [0.3, 0.4) is 0 Å². The van der Waals surface area contributed by atoms with Gasteiger partial charge in [0.2, 0.25) is 5.95 Å². The molecule has 0 fully saturated rings. The Labute approximate surface area is 152 Å². The van der Waals surface area contributed by atoms with Gasteiger partial charge in [0.1, 0.15) is 11.6 Å². The Balaban J connectivity index is 1.91. The first-order valence-corrected chi connectivity index (χ1v) is 8.17. The van der Waals surface area contributed by atoms with Crippen molar-refractivity contribution in [3.8, 4) is 5.75 Å². The molecule has 25 heavy (non-hydrogen) atoms. The lowest BCUT2D eigenvalue weighted by Crippen LogP contribution is -2.29. The molecule has 0 aliphatic rings. The quantitative estimate of drug-likeness (QED) is 0.735. The van der Waals surface area contributed by atoms with Gasteiger partial charge in [-0.3, -0.25) is 4.79 Å². The van der Waals surface area contributed by atoms with Crippen molar-refractivity contribution in [1.29, 1.82) is 0 Å². The molecule has 1 aromatic carbocycles.